The second-order valence-electron chi connectivity index (χ2n) is 6.51. The van der Waals surface area contributed by atoms with Crippen LogP contribution in [0.2, 0.25) is 0 Å². The maximum Gasteiger partial charge on any atom is 0.243 e. The average molecular weight is 388 g/mol. The van der Waals surface area contributed by atoms with Crippen LogP contribution in [0.1, 0.15) is 24.8 Å². The molecule has 0 unspecified atom stereocenters. The summed E-state index contributed by atoms with van der Waals surface area (Å²) < 4.78 is 32.4. The molecule has 1 fully saturated rings. The Kier molecular flexibility index (Phi) is 6.13. The van der Waals surface area contributed by atoms with Gasteiger partial charge >= 0.3 is 0 Å². The summed E-state index contributed by atoms with van der Waals surface area (Å²) in [4.78, 5) is 13.0. The van der Waals surface area contributed by atoms with E-state index in [0.717, 1.165) is 24.2 Å². The fourth-order valence-corrected chi connectivity index (χ4v) is 4.91. The van der Waals surface area contributed by atoms with Crippen LogP contribution in [-0.2, 0) is 21.4 Å². The second kappa shape index (κ2) is 8.54. The van der Waals surface area contributed by atoms with Crippen molar-refractivity contribution >= 4 is 15.9 Å². The molecule has 3 rings (SSSR count). The van der Waals surface area contributed by atoms with Gasteiger partial charge in [-0.15, -0.1) is 0 Å². The lowest BCUT2D eigenvalue weighted by Crippen LogP contribution is -2.51. The Hall–Kier alpha value is -2.38. The standard InChI is InChI=1S/C20H24N2O4S/c1-26-17-12-10-16(11-13-17)15-21-20(23)19-9-5-6-14-22(19)27(24,25)18-7-3-2-4-8-18/h2-4,7-8,10-13,19H,5-6,9,14-15H2,1H3,(H,21,23)/t19-/m1/s1. The molecule has 1 aliphatic rings. The van der Waals surface area contributed by atoms with Crippen LogP contribution in [0.15, 0.2) is 59.5 Å². The summed E-state index contributed by atoms with van der Waals surface area (Å²) in [6.07, 6.45) is 2.12. The van der Waals surface area contributed by atoms with Gasteiger partial charge in [0.1, 0.15) is 11.8 Å². The van der Waals surface area contributed by atoms with Crippen molar-refractivity contribution in [2.75, 3.05) is 13.7 Å². The lowest BCUT2D eigenvalue weighted by atomic mass is 10.0. The van der Waals surface area contributed by atoms with Gasteiger partial charge in [-0.05, 0) is 42.7 Å². The zero-order chi connectivity index (χ0) is 19.3. The van der Waals surface area contributed by atoms with E-state index in [1.165, 1.54) is 4.31 Å². The van der Waals surface area contributed by atoms with E-state index >= 15 is 0 Å². The van der Waals surface area contributed by atoms with Crippen molar-refractivity contribution in [1.82, 2.24) is 9.62 Å². The number of piperidine rings is 1. The molecule has 27 heavy (non-hydrogen) atoms. The number of carbonyl (C=O) groups is 1. The molecule has 0 aromatic heterocycles. The molecule has 1 atom stereocenters. The number of amides is 1. The van der Waals surface area contributed by atoms with Crippen molar-refractivity contribution < 1.29 is 17.9 Å². The van der Waals surface area contributed by atoms with Gasteiger partial charge in [0.25, 0.3) is 0 Å². The minimum absolute atomic E-state index is 0.222. The fraction of sp³-hybridized carbons (Fsp3) is 0.350. The van der Waals surface area contributed by atoms with Crippen LogP contribution < -0.4 is 10.1 Å². The molecule has 1 saturated heterocycles. The summed E-state index contributed by atoms with van der Waals surface area (Å²) >= 11 is 0. The third-order valence-corrected chi connectivity index (χ3v) is 6.65. The second-order valence-corrected chi connectivity index (χ2v) is 8.40. The first-order valence-electron chi connectivity index (χ1n) is 9.00. The molecule has 6 nitrogen and oxygen atoms in total. The van der Waals surface area contributed by atoms with Crippen molar-refractivity contribution in [2.24, 2.45) is 0 Å². The summed E-state index contributed by atoms with van der Waals surface area (Å²) in [7, 11) is -2.09. The molecule has 2 aromatic carbocycles. The van der Waals surface area contributed by atoms with Gasteiger partial charge in [0.05, 0.1) is 12.0 Å². The number of benzene rings is 2. The van der Waals surface area contributed by atoms with Crippen LogP contribution in [0, 0.1) is 0 Å². The Morgan fingerprint density at radius 2 is 1.81 bits per heavy atom. The van der Waals surface area contributed by atoms with E-state index in [0.29, 0.717) is 19.5 Å². The quantitative estimate of drug-likeness (QED) is 0.825. The highest BCUT2D eigenvalue weighted by atomic mass is 32.2. The number of methoxy groups -OCH3 is 1. The number of carbonyl (C=O) groups excluding carboxylic acids is 1. The lowest BCUT2D eigenvalue weighted by molar-refractivity contribution is -0.125. The average Bonchev–Trinajstić information content (AvgIpc) is 2.73. The number of nitrogens with zero attached hydrogens (tertiary/aromatic N) is 1. The summed E-state index contributed by atoms with van der Waals surface area (Å²) in [6.45, 7) is 0.705. The van der Waals surface area contributed by atoms with Crippen molar-refractivity contribution in [3.8, 4) is 5.75 Å². The van der Waals surface area contributed by atoms with Gasteiger partial charge in [-0.25, -0.2) is 8.42 Å². The van der Waals surface area contributed by atoms with Crippen molar-refractivity contribution in [2.45, 2.75) is 36.7 Å². The number of hydrogen-bond donors (Lipinski definition) is 1. The molecule has 0 radical (unpaired) electrons. The Balaban J connectivity index is 1.71. The molecule has 2 aromatic rings. The molecule has 1 amide bonds. The Morgan fingerprint density at radius 3 is 2.48 bits per heavy atom. The minimum Gasteiger partial charge on any atom is -0.497 e. The Bertz CT molecular complexity index is 867. The molecule has 7 heteroatoms. The number of hydrogen-bond acceptors (Lipinski definition) is 4. The maximum atomic E-state index is 13.0. The van der Waals surface area contributed by atoms with Crippen LogP contribution in [0.5, 0.6) is 5.75 Å². The molecule has 0 saturated carbocycles. The highest BCUT2D eigenvalue weighted by molar-refractivity contribution is 7.89. The van der Waals surface area contributed by atoms with Gasteiger partial charge in [0.2, 0.25) is 15.9 Å². The predicted octanol–water partition coefficient (Wildman–Crippen LogP) is 2.55. The highest BCUT2D eigenvalue weighted by Crippen LogP contribution is 2.25. The third-order valence-electron chi connectivity index (χ3n) is 4.73. The minimum atomic E-state index is -3.69. The van der Waals surface area contributed by atoms with E-state index in [9.17, 15) is 13.2 Å². The van der Waals surface area contributed by atoms with E-state index in [1.807, 2.05) is 24.3 Å². The highest BCUT2D eigenvalue weighted by Gasteiger charge is 2.37. The summed E-state index contributed by atoms with van der Waals surface area (Å²) in [5, 5.41) is 2.87. The Labute approximate surface area is 160 Å². The van der Waals surface area contributed by atoms with E-state index in [4.69, 9.17) is 4.74 Å². The molecule has 0 spiro atoms. The molecular formula is C20H24N2O4S. The first kappa shape index (κ1) is 19.4. The van der Waals surface area contributed by atoms with Gasteiger partial charge in [-0.2, -0.15) is 4.31 Å². The lowest BCUT2D eigenvalue weighted by Gasteiger charge is -2.33. The molecular weight excluding hydrogens is 364 g/mol. The molecule has 1 aliphatic heterocycles. The third kappa shape index (κ3) is 4.48. The van der Waals surface area contributed by atoms with Gasteiger partial charge < -0.3 is 10.1 Å². The van der Waals surface area contributed by atoms with E-state index in [2.05, 4.69) is 5.32 Å². The zero-order valence-electron chi connectivity index (χ0n) is 15.3. The van der Waals surface area contributed by atoms with E-state index < -0.39 is 16.1 Å². The van der Waals surface area contributed by atoms with Gasteiger partial charge in [-0.3, -0.25) is 4.79 Å². The van der Waals surface area contributed by atoms with E-state index in [-0.39, 0.29) is 10.8 Å². The predicted molar refractivity (Wildman–Crippen MR) is 103 cm³/mol. The number of ether oxygens (including phenoxy) is 1. The van der Waals surface area contributed by atoms with Crippen molar-refractivity contribution in [3.63, 3.8) is 0 Å². The SMILES string of the molecule is COc1ccc(CNC(=O)[C@H]2CCCCN2S(=O)(=O)c2ccccc2)cc1. The molecule has 0 aliphatic carbocycles. The summed E-state index contributed by atoms with van der Waals surface area (Å²) in [5.74, 6) is 0.488. The van der Waals surface area contributed by atoms with Crippen LogP contribution in [0.25, 0.3) is 0 Å². The summed E-state index contributed by atoms with van der Waals surface area (Å²) in [5.41, 5.74) is 0.928. The fourth-order valence-electron chi connectivity index (χ4n) is 3.23. The first-order valence-corrected chi connectivity index (χ1v) is 10.4. The van der Waals surface area contributed by atoms with Gasteiger partial charge in [0, 0.05) is 13.1 Å². The molecule has 0 bridgehead atoms. The largest absolute Gasteiger partial charge is 0.497 e. The van der Waals surface area contributed by atoms with Crippen molar-refractivity contribution in [1.29, 1.82) is 0 Å². The van der Waals surface area contributed by atoms with Crippen LogP contribution in [-0.4, -0.2) is 38.3 Å². The van der Waals surface area contributed by atoms with Crippen molar-refractivity contribution in [3.05, 3.63) is 60.2 Å². The summed E-state index contributed by atoms with van der Waals surface area (Å²) in [6, 6.07) is 15.0. The molecule has 1 N–H and O–H groups in total. The first-order chi connectivity index (χ1) is 13.0. The smallest absolute Gasteiger partial charge is 0.243 e. The molecule has 1 heterocycles. The van der Waals surface area contributed by atoms with E-state index in [1.54, 1.807) is 37.4 Å². The van der Waals surface area contributed by atoms with Crippen LogP contribution in [0.4, 0.5) is 0 Å². The number of sulfonamides is 1. The maximum absolute atomic E-state index is 13.0. The van der Waals surface area contributed by atoms with Crippen LogP contribution >= 0.6 is 0 Å². The molecule has 144 valence electrons. The number of nitrogens with one attached hydrogen (secondary N) is 1. The zero-order valence-corrected chi connectivity index (χ0v) is 16.1. The van der Waals surface area contributed by atoms with Gasteiger partial charge in [-0.1, -0.05) is 36.8 Å². The van der Waals surface area contributed by atoms with Gasteiger partial charge in [0.15, 0.2) is 0 Å². The topological polar surface area (TPSA) is 75.7 Å². The monoisotopic (exact) mass is 388 g/mol. The number of rotatable bonds is 6. The Morgan fingerprint density at radius 1 is 1.11 bits per heavy atom. The van der Waals surface area contributed by atoms with Crippen LogP contribution in [0.3, 0.4) is 0 Å². The normalized spacial score (nSPS) is 18.0.